The van der Waals surface area contributed by atoms with Crippen molar-refractivity contribution in [2.75, 3.05) is 0 Å². The van der Waals surface area contributed by atoms with Crippen molar-refractivity contribution in [1.29, 1.82) is 0 Å². The molecule has 0 spiro atoms. The quantitative estimate of drug-likeness (QED) is 0.349. The van der Waals surface area contributed by atoms with Gasteiger partial charge >= 0.3 is 5.97 Å². The van der Waals surface area contributed by atoms with E-state index >= 15 is 0 Å². The van der Waals surface area contributed by atoms with Gasteiger partial charge < -0.3 is 14.6 Å². The van der Waals surface area contributed by atoms with Crippen LogP contribution in [-0.4, -0.2) is 23.0 Å². The number of esters is 1. The van der Waals surface area contributed by atoms with Crippen LogP contribution in [0.3, 0.4) is 0 Å². The number of aliphatic hydroxyl groups is 1. The molecule has 1 saturated heterocycles. The van der Waals surface area contributed by atoms with Gasteiger partial charge in [-0.3, -0.25) is 4.79 Å². The van der Waals surface area contributed by atoms with Crippen LogP contribution in [0.5, 0.6) is 5.75 Å². The van der Waals surface area contributed by atoms with E-state index < -0.39 is 17.7 Å². The number of carbonyl (C=O) groups is 2. The van der Waals surface area contributed by atoms with Crippen molar-refractivity contribution in [2.24, 2.45) is 0 Å². The van der Waals surface area contributed by atoms with Crippen molar-refractivity contribution in [3.8, 4) is 5.75 Å². The van der Waals surface area contributed by atoms with E-state index in [-0.39, 0.29) is 24.2 Å². The van der Waals surface area contributed by atoms with Crippen molar-refractivity contribution in [1.82, 2.24) is 0 Å². The van der Waals surface area contributed by atoms with Crippen LogP contribution in [0.25, 0.3) is 0 Å². The number of carbonyl (C=O) groups excluding carboxylic acids is 2. The summed E-state index contributed by atoms with van der Waals surface area (Å²) in [4.78, 5) is 26.9. The molecule has 4 rings (SSSR count). The van der Waals surface area contributed by atoms with Crippen molar-refractivity contribution in [3.05, 3.63) is 101 Å². The van der Waals surface area contributed by atoms with E-state index in [0.717, 1.165) is 27.8 Å². The molecule has 0 saturated carbocycles. The Hall–Kier alpha value is -3.44. The predicted octanol–water partition coefficient (Wildman–Crippen LogP) is 5.58. The van der Waals surface area contributed by atoms with Gasteiger partial charge in [0.15, 0.2) is 5.78 Å². The fourth-order valence-corrected chi connectivity index (χ4v) is 4.79. The smallest absolute Gasteiger partial charge is 0.356 e. The summed E-state index contributed by atoms with van der Waals surface area (Å²) in [6, 6.07) is 23.1. The normalized spacial score (nSPS) is 20.2. The molecule has 2 atom stereocenters. The number of ether oxygens (including phenoxy) is 2. The maximum atomic E-state index is 13.5. The number of aliphatic hydroxyl groups excluding tert-OH is 1. The minimum Gasteiger partial charge on any atom is -0.470 e. The molecule has 1 N–H and O–H groups in total. The van der Waals surface area contributed by atoms with Crippen molar-refractivity contribution < 1.29 is 24.2 Å². The van der Waals surface area contributed by atoms with E-state index in [2.05, 4.69) is 0 Å². The van der Waals surface area contributed by atoms with Gasteiger partial charge in [0, 0.05) is 0 Å². The molecule has 36 heavy (non-hydrogen) atoms. The van der Waals surface area contributed by atoms with Crippen molar-refractivity contribution in [3.63, 3.8) is 0 Å². The minimum atomic E-state index is -1.33. The Morgan fingerprint density at radius 3 is 2.22 bits per heavy atom. The van der Waals surface area contributed by atoms with Gasteiger partial charge in [-0.05, 0) is 65.1 Å². The number of rotatable bonds is 7. The Morgan fingerprint density at radius 2 is 1.64 bits per heavy atom. The fourth-order valence-electron chi connectivity index (χ4n) is 4.79. The molecule has 1 heterocycles. The van der Waals surface area contributed by atoms with Crippen LogP contribution in [0.15, 0.2) is 72.8 Å². The SMILES string of the molecule is Cc1cc(OC2C(=O)CC(CCc3ccccc3)(c3ccccc3)OC2=O)c(C(C)(C)C)cc1CO. The number of Topliss-reactive ketones (excluding diaryl/α,β-unsaturated/α-hetero) is 1. The molecule has 1 fully saturated rings. The van der Waals surface area contributed by atoms with Crippen LogP contribution in [0.2, 0.25) is 0 Å². The third kappa shape index (κ3) is 5.36. The lowest BCUT2D eigenvalue weighted by Crippen LogP contribution is -2.51. The Balaban J connectivity index is 1.64. The zero-order valence-corrected chi connectivity index (χ0v) is 21.4. The van der Waals surface area contributed by atoms with E-state index in [1.165, 1.54) is 0 Å². The average Bonchev–Trinajstić information content (AvgIpc) is 2.85. The predicted molar refractivity (Wildman–Crippen MR) is 139 cm³/mol. The molecule has 0 radical (unpaired) electrons. The monoisotopic (exact) mass is 486 g/mol. The number of aryl methyl sites for hydroxylation is 2. The van der Waals surface area contributed by atoms with Gasteiger partial charge in [-0.15, -0.1) is 0 Å². The van der Waals surface area contributed by atoms with Crippen LogP contribution in [-0.2, 0) is 38.4 Å². The molecule has 3 aromatic rings. The second kappa shape index (κ2) is 10.3. The number of ketones is 1. The van der Waals surface area contributed by atoms with Gasteiger partial charge in [0.05, 0.1) is 13.0 Å². The first-order chi connectivity index (χ1) is 17.1. The molecule has 0 aliphatic carbocycles. The molecule has 5 nitrogen and oxygen atoms in total. The molecule has 0 amide bonds. The van der Waals surface area contributed by atoms with Crippen molar-refractivity contribution >= 4 is 11.8 Å². The molecule has 1 aliphatic heterocycles. The van der Waals surface area contributed by atoms with Gasteiger partial charge in [-0.1, -0.05) is 81.4 Å². The summed E-state index contributed by atoms with van der Waals surface area (Å²) in [5.74, 6) is -0.511. The van der Waals surface area contributed by atoms with Crippen LogP contribution in [0, 0.1) is 6.92 Å². The van der Waals surface area contributed by atoms with Gasteiger partial charge in [-0.2, -0.15) is 0 Å². The molecule has 3 aromatic carbocycles. The molecular formula is C31H34O5. The zero-order chi connectivity index (χ0) is 25.9. The maximum absolute atomic E-state index is 13.5. The highest BCUT2D eigenvalue weighted by Crippen LogP contribution is 2.41. The molecular weight excluding hydrogens is 452 g/mol. The lowest BCUT2D eigenvalue weighted by Gasteiger charge is -2.39. The number of hydrogen-bond acceptors (Lipinski definition) is 5. The molecule has 0 bridgehead atoms. The Kier molecular flexibility index (Phi) is 7.32. The van der Waals surface area contributed by atoms with E-state index in [4.69, 9.17) is 9.47 Å². The van der Waals surface area contributed by atoms with Gasteiger partial charge in [-0.25, -0.2) is 4.79 Å². The van der Waals surface area contributed by atoms with Crippen LogP contribution in [0.4, 0.5) is 0 Å². The Morgan fingerprint density at radius 1 is 1.00 bits per heavy atom. The lowest BCUT2D eigenvalue weighted by molar-refractivity contribution is -0.184. The first-order valence-corrected chi connectivity index (χ1v) is 12.4. The maximum Gasteiger partial charge on any atom is 0.356 e. The highest BCUT2D eigenvalue weighted by molar-refractivity contribution is 6.05. The van der Waals surface area contributed by atoms with Gasteiger partial charge in [0.25, 0.3) is 6.10 Å². The van der Waals surface area contributed by atoms with E-state index in [1.807, 2.05) is 94.4 Å². The zero-order valence-electron chi connectivity index (χ0n) is 21.4. The molecule has 1 aliphatic rings. The largest absolute Gasteiger partial charge is 0.470 e. The van der Waals surface area contributed by atoms with E-state index in [0.29, 0.717) is 18.6 Å². The third-order valence-corrected chi connectivity index (χ3v) is 6.88. The third-order valence-electron chi connectivity index (χ3n) is 6.88. The Bertz CT molecular complexity index is 1210. The molecule has 188 valence electrons. The summed E-state index contributed by atoms with van der Waals surface area (Å²) in [7, 11) is 0. The topological polar surface area (TPSA) is 72.8 Å². The summed E-state index contributed by atoms with van der Waals surface area (Å²) < 4.78 is 12.2. The first-order valence-electron chi connectivity index (χ1n) is 12.4. The molecule has 2 unspecified atom stereocenters. The second-order valence-electron chi connectivity index (χ2n) is 10.6. The van der Waals surface area contributed by atoms with Crippen LogP contribution < -0.4 is 4.74 Å². The molecule has 0 aromatic heterocycles. The fraction of sp³-hybridized carbons (Fsp3) is 0.355. The number of hydrogen-bond donors (Lipinski definition) is 1. The Labute approximate surface area is 213 Å². The molecule has 5 heteroatoms. The summed E-state index contributed by atoms with van der Waals surface area (Å²) in [6.07, 6.45) is -0.140. The summed E-state index contributed by atoms with van der Waals surface area (Å²) in [5.41, 5.74) is 2.99. The van der Waals surface area contributed by atoms with Crippen LogP contribution in [0.1, 0.15) is 61.4 Å². The number of cyclic esters (lactones) is 1. The highest BCUT2D eigenvalue weighted by atomic mass is 16.6. The second-order valence-corrected chi connectivity index (χ2v) is 10.6. The number of benzene rings is 3. The lowest BCUT2D eigenvalue weighted by atomic mass is 9.80. The summed E-state index contributed by atoms with van der Waals surface area (Å²) >= 11 is 0. The summed E-state index contributed by atoms with van der Waals surface area (Å²) in [5, 5.41) is 9.73. The van der Waals surface area contributed by atoms with Crippen molar-refractivity contribution in [2.45, 2.75) is 70.7 Å². The van der Waals surface area contributed by atoms with Gasteiger partial charge in [0.2, 0.25) is 0 Å². The van der Waals surface area contributed by atoms with E-state index in [9.17, 15) is 14.7 Å². The van der Waals surface area contributed by atoms with Gasteiger partial charge in [0.1, 0.15) is 11.4 Å². The standard InChI is InChI=1S/C31H34O5/c1-21-17-27(25(30(2,3)4)18-23(21)20-32)35-28-26(33)19-31(36-29(28)34,24-13-9-6-10-14-24)16-15-22-11-7-5-8-12-22/h5-14,17-18,28,32H,15-16,19-20H2,1-4H3. The van der Waals surface area contributed by atoms with Crippen LogP contribution >= 0.6 is 0 Å². The minimum absolute atomic E-state index is 0.0405. The highest BCUT2D eigenvalue weighted by Gasteiger charge is 2.49. The summed E-state index contributed by atoms with van der Waals surface area (Å²) in [6.45, 7) is 7.85. The van der Waals surface area contributed by atoms with E-state index in [1.54, 1.807) is 6.07 Å². The first kappa shape index (κ1) is 25.6. The average molecular weight is 487 g/mol.